The smallest absolute Gasteiger partial charge is 0.0710 e. The monoisotopic (exact) mass is 332 g/mol. The van der Waals surface area contributed by atoms with Gasteiger partial charge in [-0.3, -0.25) is 4.90 Å². The number of nitrogens with two attached hydrogens (primary N) is 1. The molecule has 1 aliphatic heterocycles. The third-order valence-corrected chi connectivity index (χ3v) is 4.32. The number of hydrogen-bond donors (Lipinski definition) is 1. The van der Waals surface area contributed by atoms with Crippen molar-refractivity contribution in [2.75, 3.05) is 26.7 Å². The maximum Gasteiger partial charge on any atom is 0.0710 e. The highest BCUT2D eigenvalue weighted by Gasteiger charge is 2.29. The van der Waals surface area contributed by atoms with Crippen LogP contribution in [0.5, 0.6) is 0 Å². The molecular formula is C13H18BrClN2O. The summed E-state index contributed by atoms with van der Waals surface area (Å²) < 4.78 is 6.39. The van der Waals surface area contributed by atoms with E-state index < -0.39 is 0 Å². The Hall–Kier alpha value is -0.130. The zero-order valence-electron chi connectivity index (χ0n) is 10.4. The average molecular weight is 334 g/mol. The van der Waals surface area contributed by atoms with Crippen LogP contribution in [0.15, 0.2) is 22.7 Å². The molecule has 3 nitrogen and oxygen atoms in total. The van der Waals surface area contributed by atoms with E-state index in [1.54, 1.807) is 7.11 Å². The molecule has 18 heavy (non-hydrogen) atoms. The van der Waals surface area contributed by atoms with Crippen LogP contribution in [0.3, 0.4) is 0 Å². The van der Waals surface area contributed by atoms with Gasteiger partial charge in [0.25, 0.3) is 0 Å². The predicted molar refractivity (Wildman–Crippen MR) is 77.9 cm³/mol. The Morgan fingerprint density at radius 1 is 1.61 bits per heavy atom. The maximum absolute atomic E-state index is 6.31. The van der Waals surface area contributed by atoms with Crippen LogP contribution in [0.25, 0.3) is 0 Å². The quantitative estimate of drug-likeness (QED) is 0.921. The van der Waals surface area contributed by atoms with Gasteiger partial charge in [-0.2, -0.15) is 0 Å². The molecule has 0 aliphatic carbocycles. The van der Waals surface area contributed by atoms with Crippen molar-refractivity contribution in [3.05, 3.63) is 33.3 Å². The van der Waals surface area contributed by atoms with Crippen molar-refractivity contribution in [1.29, 1.82) is 0 Å². The van der Waals surface area contributed by atoms with Gasteiger partial charge in [-0.05, 0) is 24.1 Å². The average Bonchev–Trinajstić information content (AvgIpc) is 2.81. The van der Waals surface area contributed by atoms with Crippen molar-refractivity contribution in [1.82, 2.24) is 4.90 Å². The zero-order valence-corrected chi connectivity index (χ0v) is 12.7. The molecule has 0 spiro atoms. The van der Waals surface area contributed by atoms with Crippen molar-refractivity contribution in [2.24, 2.45) is 5.73 Å². The molecule has 1 aromatic rings. The van der Waals surface area contributed by atoms with E-state index in [0.717, 1.165) is 34.6 Å². The standard InChI is InChI=1S/C13H18BrClN2O/c1-18-10-4-5-17(8-10)13(7-16)11-3-2-9(14)6-12(11)15/h2-3,6,10,13H,4-5,7-8,16H2,1H3. The van der Waals surface area contributed by atoms with E-state index in [1.165, 1.54) is 0 Å². The van der Waals surface area contributed by atoms with Gasteiger partial charge < -0.3 is 10.5 Å². The largest absolute Gasteiger partial charge is 0.380 e. The number of nitrogens with zero attached hydrogens (tertiary/aromatic N) is 1. The predicted octanol–water partition coefficient (Wildman–Crippen LogP) is 2.82. The van der Waals surface area contributed by atoms with Gasteiger partial charge in [0.2, 0.25) is 0 Å². The van der Waals surface area contributed by atoms with Crippen LogP contribution in [0.1, 0.15) is 18.0 Å². The minimum absolute atomic E-state index is 0.172. The summed E-state index contributed by atoms with van der Waals surface area (Å²) in [5, 5.41) is 0.765. The van der Waals surface area contributed by atoms with E-state index >= 15 is 0 Å². The van der Waals surface area contributed by atoms with Gasteiger partial charge in [0.1, 0.15) is 0 Å². The van der Waals surface area contributed by atoms with Crippen molar-refractivity contribution < 1.29 is 4.74 Å². The molecule has 0 amide bonds. The molecule has 5 heteroatoms. The van der Waals surface area contributed by atoms with Crippen LogP contribution in [-0.2, 0) is 4.74 Å². The lowest BCUT2D eigenvalue weighted by atomic mass is 10.1. The SMILES string of the molecule is COC1CCN(C(CN)c2ccc(Br)cc2Cl)C1. The molecule has 2 N–H and O–H groups in total. The minimum atomic E-state index is 0.172. The van der Waals surface area contributed by atoms with Crippen LogP contribution in [0.4, 0.5) is 0 Å². The van der Waals surface area contributed by atoms with Gasteiger partial charge in [0.05, 0.1) is 6.10 Å². The first-order valence-electron chi connectivity index (χ1n) is 6.07. The lowest BCUT2D eigenvalue weighted by Crippen LogP contribution is -2.33. The summed E-state index contributed by atoms with van der Waals surface area (Å²) in [6, 6.07) is 6.15. The van der Waals surface area contributed by atoms with E-state index in [-0.39, 0.29) is 6.04 Å². The number of halogens is 2. The maximum atomic E-state index is 6.31. The molecule has 1 fully saturated rings. The second-order valence-electron chi connectivity index (χ2n) is 4.56. The third-order valence-electron chi connectivity index (χ3n) is 3.50. The van der Waals surface area contributed by atoms with Gasteiger partial charge >= 0.3 is 0 Å². The van der Waals surface area contributed by atoms with Gasteiger partial charge in [0, 0.05) is 42.3 Å². The summed E-state index contributed by atoms with van der Waals surface area (Å²) in [5.41, 5.74) is 7.02. The Kier molecular flexibility index (Phi) is 5.04. The van der Waals surface area contributed by atoms with Crippen molar-refractivity contribution >= 4 is 27.5 Å². The van der Waals surface area contributed by atoms with Crippen LogP contribution < -0.4 is 5.73 Å². The zero-order chi connectivity index (χ0) is 13.1. The molecule has 0 bridgehead atoms. The first-order valence-corrected chi connectivity index (χ1v) is 7.24. The Labute approximate surface area is 121 Å². The number of hydrogen-bond acceptors (Lipinski definition) is 3. The molecule has 0 aromatic heterocycles. The molecule has 1 aliphatic rings. The number of ether oxygens (including phenoxy) is 1. The lowest BCUT2D eigenvalue weighted by molar-refractivity contribution is 0.101. The summed E-state index contributed by atoms with van der Waals surface area (Å²) in [7, 11) is 1.76. The Morgan fingerprint density at radius 2 is 2.39 bits per heavy atom. The van der Waals surface area contributed by atoms with Crippen molar-refractivity contribution in [3.63, 3.8) is 0 Å². The Balaban J connectivity index is 2.18. The van der Waals surface area contributed by atoms with Crippen LogP contribution in [-0.4, -0.2) is 37.7 Å². The number of likely N-dealkylation sites (tertiary alicyclic amines) is 1. The van der Waals surface area contributed by atoms with Crippen molar-refractivity contribution in [3.8, 4) is 0 Å². The fourth-order valence-electron chi connectivity index (χ4n) is 2.47. The van der Waals surface area contributed by atoms with E-state index in [4.69, 9.17) is 22.1 Å². The second kappa shape index (κ2) is 6.35. The number of benzene rings is 1. The molecule has 1 aromatic carbocycles. The van der Waals surface area contributed by atoms with E-state index in [9.17, 15) is 0 Å². The number of methoxy groups -OCH3 is 1. The third kappa shape index (κ3) is 3.06. The van der Waals surface area contributed by atoms with Gasteiger partial charge in [-0.15, -0.1) is 0 Å². The fourth-order valence-corrected chi connectivity index (χ4v) is 3.27. The molecule has 1 heterocycles. The van der Waals surface area contributed by atoms with Crippen LogP contribution >= 0.6 is 27.5 Å². The first-order chi connectivity index (χ1) is 8.65. The molecule has 1 saturated heterocycles. The lowest BCUT2D eigenvalue weighted by Gasteiger charge is -2.27. The molecule has 2 atom stereocenters. The van der Waals surface area contributed by atoms with Gasteiger partial charge in [-0.1, -0.05) is 33.6 Å². The second-order valence-corrected chi connectivity index (χ2v) is 5.88. The van der Waals surface area contributed by atoms with E-state index in [1.807, 2.05) is 18.2 Å². The molecular weight excluding hydrogens is 316 g/mol. The van der Waals surface area contributed by atoms with Gasteiger partial charge in [0.15, 0.2) is 0 Å². The Morgan fingerprint density at radius 3 is 2.94 bits per heavy atom. The van der Waals surface area contributed by atoms with Crippen LogP contribution in [0.2, 0.25) is 5.02 Å². The fraction of sp³-hybridized carbons (Fsp3) is 0.538. The highest BCUT2D eigenvalue weighted by atomic mass is 79.9. The molecule has 100 valence electrons. The Bertz CT molecular complexity index is 416. The van der Waals surface area contributed by atoms with Crippen LogP contribution in [0, 0.1) is 0 Å². The van der Waals surface area contributed by atoms with Gasteiger partial charge in [-0.25, -0.2) is 0 Å². The highest BCUT2D eigenvalue weighted by Crippen LogP contribution is 2.31. The molecule has 2 rings (SSSR count). The van der Waals surface area contributed by atoms with E-state index in [0.29, 0.717) is 12.6 Å². The molecule has 0 radical (unpaired) electrons. The highest BCUT2D eigenvalue weighted by molar-refractivity contribution is 9.10. The molecule has 2 unspecified atom stereocenters. The number of rotatable bonds is 4. The minimum Gasteiger partial charge on any atom is -0.380 e. The summed E-state index contributed by atoms with van der Waals surface area (Å²) in [6.07, 6.45) is 1.37. The van der Waals surface area contributed by atoms with Crippen molar-refractivity contribution in [2.45, 2.75) is 18.6 Å². The summed E-state index contributed by atoms with van der Waals surface area (Å²) in [5.74, 6) is 0. The normalized spacial score (nSPS) is 22.3. The molecule has 0 saturated carbocycles. The van der Waals surface area contributed by atoms with E-state index in [2.05, 4.69) is 20.8 Å². The topological polar surface area (TPSA) is 38.5 Å². The first kappa shape index (κ1) is 14.3. The summed E-state index contributed by atoms with van der Waals surface area (Å²) in [4.78, 5) is 2.35. The summed E-state index contributed by atoms with van der Waals surface area (Å²) >= 11 is 9.73. The summed E-state index contributed by atoms with van der Waals surface area (Å²) in [6.45, 7) is 2.50.